The standard InChI is InChI=1S/C12H12Cl3N3/c1-6-11(15)12(16)18(17-6)7(2)8-3-4-9(13)10(14)5-8/h3-5,7H,16H2,1-2H3. The molecule has 0 fully saturated rings. The Balaban J connectivity index is 2.44. The van der Waals surface area contributed by atoms with Crippen LogP contribution >= 0.6 is 34.8 Å². The molecule has 1 unspecified atom stereocenters. The molecule has 1 atom stereocenters. The number of benzene rings is 1. The van der Waals surface area contributed by atoms with Gasteiger partial charge in [0, 0.05) is 0 Å². The van der Waals surface area contributed by atoms with Crippen LogP contribution in [0, 0.1) is 6.92 Å². The quantitative estimate of drug-likeness (QED) is 0.896. The molecule has 0 aliphatic heterocycles. The highest BCUT2D eigenvalue weighted by atomic mass is 35.5. The second-order valence-electron chi connectivity index (χ2n) is 4.08. The molecular weight excluding hydrogens is 293 g/mol. The first-order valence-corrected chi connectivity index (χ1v) is 6.50. The fourth-order valence-electron chi connectivity index (χ4n) is 1.75. The summed E-state index contributed by atoms with van der Waals surface area (Å²) in [5.41, 5.74) is 7.60. The summed E-state index contributed by atoms with van der Waals surface area (Å²) in [5.74, 6) is 0.452. The van der Waals surface area contributed by atoms with Gasteiger partial charge in [0.2, 0.25) is 0 Å². The number of hydrogen-bond donors (Lipinski definition) is 1. The molecular formula is C12H12Cl3N3. The van der Waals surface area contributed by atoms with Crippen molar-refractivity contribution in [2.45, 2.75) is 19.9 Å². The van der Waals surface area contributed by atoms with Crippen LogP contribution in [0.1, 0.15) is 24.2 Å². The number of nitrogens with zero attached hydrogens (tertiary/aromatic N) is 2. The molecule has 2 aromatic rings. The van der Waals surface area contributed by atoms with Gasteiger partial charge in [0.25, 0.3) is 0 Å². The largest absolute Gasteiger partial charge is 0.383 e. The van der Waals surface area contributed by atoms with Crippen molar-refractivity contribution in [3.8, 4) is 0 Å². The zero-order valence-corrected chi connectivity index (χ0v) is 12.2. The van der Waals surface area contributed by atoms with Gasteiger partial charge in [0.05, 0.1) is 21.8 Å². The Bertz CT molecular complexity index is 592. The van der Waals surface area contributed by atoms with E-state index in [1.807, 2.05) is 19.9 Å². The molecule has 1 aromatic heterocycles. The third-order valence-corrected chi connectivity index (χ3v) is 4.05. The van der Waals surface area contributed by atoms with Crippen molar-refractivity contribution >= 4 is 40.6 Å². The Morgan fingerprint density at radius 3 is 2.39 bits per heavy atom. The minimum absolute atomic E-state index is 0.0639. The molecule has 2 rings (SSSR count). The third kappa shape index (κ3) is 2.30. The van der Waals surface area contributed by atoms with Gasteiger partial charge < -0.3 is 5.73 Å². The zero-order valence-electron chi connectivity index (χ0n) is 9.92. The normalized spacial score (nSPS) is 12.7. The fraction of sp³-hybridized carbons (Fsp3) is 0.250. The molecule has 0 amide bonds. The second kappa shape index (κ2) is 5.00. The third-order valence-electron chi connectivity index (χ3n) is 2.84. The first-order chi connectivity index (χ1) is 8.41. The fourth-order valence-corrected chi connectivity index (χ4v) is 2.18. The number of rotatable bonds is 2. The highest BCUT2D eigenvalue weighted by Gasteiger charge is 2.17. The van der Waals surface area contributed by atoms with Crippen LogP contribution in [0.5, 0.6) is 0 Å². The molecule has 1 aromatic carbocycles. The molecule has 96 valence electrons. The number of aryl methyl sites for hydroxylation is 1. The molecule has 2 N–H and O–H groups in total. The molecule has 0 aliphatic rings. The Hall–Kier alpha value is -0.900. The molecule has 0 aliphatic carbocycles. The first kappa shape index (κ1) is 13.5. The number of nitrogen functional groups attached to an aromatic ring is 1. The number of halogens is 3. The van der Waals surface area contributed by atoms with Gasteiger partial charge in [-0.15, -0.1) is 0 Å². The van der Waals surface area contributed by atoms with E-state index in [-0.39, 0.29) is 6.04 Å². The van der Waals surface area contributed by atoms with Crippen LogP contribution in [0.3, 0.4) is 0 Å². The summed E-state index contributed by atoms with van der Waals surface area (Å²) < 4.78 is 1.68. The van der Waals surface area contributed by atoms with Crippen molar-refractivity contribution in [1.82, 2.24) is 9.78 Å². The van der Waals surface area contributed by atoms with Crippen LogP contribution < -0.4 is 5.73 Å². The average molecular weight is 305 g/mol. The van der Waals surface area contributed by atoms with Crippen molar-refractivity contribution in [3.63, 3.8) is 0 Å². The van der Waals surface area contributed by atoms with Crippen molar-refractivity contribution in [2.75, 3.05) is 5.73 Å². The zero-order chi connectivity index (χ0) is 13.4. The summed E-state index contributed by atoms with van der Waals surface area (Å²) in [7, 11) is 0. The maximum atomic E-state index is 6.03. The van der Waals surface area contributed by atoms with Gasteiger partial charge in [0.15, 0.2) is 0 Å². The van der Waals surface area contributed by atoms with Gasteiger partial charge in [0.1, 0.15) is 10.8 Å². The Kier molecular flexibility index (Phi) is 3.76. The second-order valence-corrected chi connectivity index (χ2v) is 5.27. The summed E-state index contributed by atoms with van der Waals surface area (Å²) in [6, 6.07) is 5.39. The first-order valence-electron chi connectivity index (χ1n) is 5.37. The Morgan fingerprint density at radius 1 is 1.22 bits per heavy atom. The van der Waals surface area contributed by atoms with Gasteiger partial charge in [-0.3, -0.25) is 0 Å². The highest BCUT2D eigenvalue weighted by Crippen LogP contribution is 2.31. The van der Waals surface area contributed by atoms with Gasteiger partial charge in [-0.1, -0.05) is 40.9 Å². The van der Waals surface area contributed by atoms with Gasteiger partial charge in [-0.25, -0.2) is 4.68 Å². The molecule has 18 heavy (non-hydrogen) atoms. The molecule has 6 heteroatoms. The predicted molar refractivity (Wildman–Crippen MR) is 76.7 cm³/mol. The van der Waals surface area contributed by atoms with Crippen molar-refractivity contribution < 1.29 is 0 Å². The number of hydrogen-bond acceptors (Lipinski definition) is 2. The average Bonchev–Trinajstić information content (AvgIpc) is 2.60. The lowest BCUT2D eigenvalue weighted by molar-refractivity contribution is 0.569. The molecule has 0 saturated carbocycles. The van der Waals surface area contributed by atoms with Crippen LogP contribution in [0.4, 0.5) is 5.82 Å². The minimum Gasteiger partial charge on any atom is -0.383 e. The van der Waals surface area contributed by atoms with Crippen molar-refractivity contribution in [1.29, 1.82) is 0 Å². The van der Waals surface area contributed by atoms with E-state index >= 15 is 0 Å². The Labute approximate surface area is 120 Å². The van der Waals surface area contributed by atoms with E-state index in [0.717, 1.165) is 5.56 Å². The van der Waals surface area contributed by atoms with E-state index in [1.54, 1.807) is 16.8 Å². The maximum Gasteiger partial charge on any atom is 0.141 e. The molecule has 0 bridgehead atoms. The molecule has 1 heterocycles. The minimum atomic E-state index is -0.0639. The maximum absolute atomic E-state index is 6.03. The number of nitrogens with two attached hydrogens (primary N) is 1. The lowest BCUT2D eigenvalue weighted by atomic mass is 10.1. The van der Waals surface area contributed by atoms with Gasteiger partial charge >= 0.3 is 0 Å². The van der Waals surface area contributed by atoms with E-state index < -0.39 is 0 Å². The predicted octanol–water partition coefficient (Wildman–Crippen LogP) is 4.34. The number of anilines is 1. The van der Waals surface area contributed by atoms with E-state index in [9.17, 15) is 0 Å². The van der Waals surface area contributed by atoms with E-state index in [1.165, 1.54) is 0 Å². The summed E-state index contributed by atoms with van der Waals surface area (Å²) in [5, 5.41) is 5.84. The van der Waals surface area contributed by atoms with E-state index in [2.05, 4.69) is 5.10 Å². The molecule has 0 spiro atoms. The summed E-state index contributed by atoms with van der Waals surface area (Å²) in [6.45, 7) is 3.79. The van der Waals surface area contributed by atoms with Crippen LogP contribution in [0.15, 0.2) is 18.2 Å². The summed E-state index contributed by atoms with van der Waals surface area (Å²) in [4.78, 5) is 0. The van der Waals surface area contributed by atoms with Crippen LogP contribution in [0.25, 0.3) is 0 Å². The summed E-state index contributed by atoms with van der Waals surface area (Å²) >= 11 is 17.9. The topological polar surface area (TPSA) is 43.8 Å². The Morgan fingerprint density at radius 2 is 1.89 bits per heavy atom. The van der Waals surface area contributed by atoms with Crippen LogP contribution in [-0.2, 0) is 0 Å². The highest BCUT2D eigenvalue weighted by molar-refractivity contribution is 6.42. The van der Waals surface area contributed by atoms with Crippen molar-refractivity contribution in [3.05, 3.63) is 44.5 Å². The lowest BCUT2D eigenvalue weighted by Gasteiger charge is -2.15. The lowest BCUT2D eigenvalue weighted by Crippen LogP contribution is -2.11. The van der Waals surface area contributed by atoms with Crippen LogP contribution in [0.2, 0.25) is 15.1 Å². The van der Waals surface area contributed by atoms with E-state index in [0.29, 0.717) is 26.6 Å². The molecule has 3 nitrogen and oxygen atoms in total. The monoisotopic (exact) mass is 303 g/mol. The number of aromatic nitrogens is 2. The molecule has 0 radical (unpaired) electrons. The SMILES string of the molecule is Cc1nn(C(C)c2ccc(Cl)c(Cl)c2)c(N)c1Cl. The smallest absolute Gasteiger partial charge is 0.141 e. The van der Waals surface area contributed by atoms with Gasteiger partial charge in [-0.05, 0) is 31.5 Å². The summed E-state index contributed by atoms with van der Waals surface area (Å²) in [6.07, 6.45) is 0. The molecule has 0 saturated heterocycles. The van der Waals surface area contributed by atoms with E-state index in [4.69, 9.17) is 40.5 Å². The van der Waals surface area contributed by atoms with Crippen LogP contribution in [-0.4, -0.2) is 9.78 Å². The van der Waals surface area contributed by atoms with Gasteiger partial charge in [-0.2, -0.15) is 5.10 Å². The van der Waals surface area contributed by atoms with Crippen molar-refractivity contribution in [2.24, 2.45) is 0 Å².